The van der Waals surface area contributed by atoms with E-state index in [9.17, 15) is 13.5 Å². The maximum Gasteiger partial charge on any atom is 0.242 e. The van der Waals surface area contributed by atoms with Gasteiger partial charge in [-0.2, -0.15) is 0 Å². The molecule has 0 saturated carbocycles. The minimum Gasteiger partial charge on any atom is -0.445 e. The molecule has 0 bridgehead atoms. The van der Waals surface area contributed by atoms with E-state index in [4.69, 9.17) is 4.42 Å². The third-order valence-electron chi connectivity index (χ3n) is 2.84. The first-order valence-electron chi connectivity index (χ1n) is 6.14. The lowest BCUT2D eigenvalue weighted by Crippen LogP contribution is -2.24. The maximum absolute atomic E-state index is 12.4. The summed E-state index contributed by atoms with van der Waals surface area (Å²) < 4.78 is 32.8. The standard InChI is InChI=1S/C13H15BrN2O4S/c1-8-3-10(7-17)4-11(13(8)14)21(18,19)16-6-12-15-5-9(2)20-12/h3-5,16-17H,6-7H2,1-2H3. The van der Waals surface area contributed by atoms with Crippen LogP contribution >= 0.6 is 15.9 Å². The molecule has 0 saturated heterocycles. The fourth-order valence-corrected chi connectivity index (χ4v) is 3.85. The summed E-state index contributed by atoms with van der Waals surface area (Å²) >= 11 is 3.27. The summed E-state index contributed by atoms with van der Waals surface area (Å²) in [4.78, 5) is 4.02. The van der Waals surface area contributed by atoms with E-state index in [1.54, 1.807) is 19.9 Å². The summed E-state index contributed by atoms with van der Waals surface area (Å²) in [5, 5.41) is 9.20. The number of aliphatic hydroxyl groups excluding tert-OH is 1. The summed E-state index contributed by atoms with van der Waals surface area (Å²) in [6.45, 7) is 3.23. The average molecular weight is 375 g/mol. The van der Waals surface area contributed by atoms with Crippen molar-refractivity contribution in [1.82, 2.24) is 9.71 Å². The molecule has 0 radical (unpaired) electrons. The molecule has 0 unspecified atom stereocenters. The summed E-state index contributed by atoms with van der Waals surface area (Å²) in [5.41, 5.74) is 1.26. The number of benzene rings is 1. The number of sulfonamides is 1. The Hall–Kier alpha value is -1.22. The summed E-state index contributed by atoms with van der Waals surface area (Å²) in [5.74, 6) is 0.908. The first kappa shape index (κ1) is 16.2. The molecule has 6 nitrogen and oxygen atoms in total. The van der Waals surface area contributed by atoms with E-state index in [1.807, 2.05) is 0 Å². The summed E-state index contributed by atoms with van der Waals surface area (Å²) in [6.07, 6.45) is 1.52. The van der Waals surface area contributed by atoms with Crippen molar-refractivity contribution in [3.05, 3.63) is 45.6 Å². The molecule has 0 aliphatic heterocycles. The van der Waals surface area contributed by atoms with E-state index in [2.05, 4.69) is 25.6 Å². The van der Waals surface area contributed by atoms with Crippen molar-refractivity contribution in [3.8, 4) is 0 Å². The highest BCUT2D eigenvalue weighted by molar-refractivity contribution is 9.10. The molecule has 1 aromatic carbocycles. The predicted molar refractivity (Wildman–Crippen MR) is 80.1 cm³/mol. The largest absolute Gasteiger partial charge is 0.445 e. The molecular weight excluding hydrogens is 360 g/mol. The van der Waals surface area contributed by atoms with Crippen LogP contribution in [-0.2, 0) is 23.2 Å². The first-order valence-corrected chi connectivity index (χ1v) is 8.42. The zero-order chi connectivity index (χ0) is 15.6. The molecule has 0 fully saturated rings. The molecule has 0 amide bonds. The zero-order valence-corrected chi connectivity index (χ0v) is 14.0. The third-order valence-corrected chi connectivity index (χ3v) is 5.58. The quantitative estimate of drug-likeness (QED) is 0.834. The molecule has 21 heavy (non-hydrogen) atoms. The minimum atomic E-state index is -3.74. The molecule has 114 valence electrons. The number of oxazole rings is 1. The monoisotopic (exact) mass is 374 g/mol. The van der Waals surface area contributed by atoms with E-state index < -0.39 is 10.0 Å². The number of aromatic nitrogens is 1. The maximum atomic E-state index is 12.4. The van der Waals surface area contributed by atoms with Gasteiger partial charge in [-0.15, -0.1) is 0 Å². The van der Waals surface area contributed by atoms with Crippen LogP contribution < -0.4 is 4.72 Å². The van der Waals surface area contributed by atoms with Crippen molar-refractivity contribution < 1.29 is 17.9 Å². The van der Waals surface area contributed by atoms with Gasteiger partial charge in [-0.05, 0) is 47.0 Å². The van der Waals surface area contributed by atoms with Crippen LogP contribution in [0.4, 0.5) is 0 Å². The van der Waals surface area contributed by atoms with Crippen LogP contribution in [0.3, 0.4) is 0 Å². The Morgan fingerprint density at radius 3 is 2.67 bits per heavy atom. The molecule has 0 aliphatic rings. The number of aliphatic hydroxyl groups is 1. The van der Waals surface area contributed by atoms with Gasteiger partial charge in [-0.25, -0.2) is 18.1 Å². The number of rotatable bonds is 5. The second kappa shape index (κ2) is 6.27. The molecule has 0 atom stereocenters. The Balaban J connectivity index is 2.29. The van der Waals surface area contributed by atoms with Gasteiger partial charge in [0.15, 0.2) is 0 Å². The van der Waals surface area contributed by atoms with Crippen LogP contribution in [0.15, 0.2) is 32.1 Å². The van der Waals surface area contributed by atoms with Crippen molar-refractivity contribution in [2.45, 2.75) is 31.9 Å². The van der Waals surface area contributed by atoms with Crippen molar-refractivity contribution in [2.24, 2.45) is 0 Å². The Morgan fingerprint density at radius 1 is 1.38 bits per heavy atom. The zero-order valence-electron chi connectivity index (χ0n) is 11.6. The fourth-order valence-electron chi connectivity index (χ4n) is 1.81. The number of halogens is 1. The highest BCUT2D eigenvalue weighted by Crippen LogP contribution is 2.27. The second-order valence-electron chi connectivity index (χ2n) is 4.57. The van der Waals surface area contributed by atoms with E-state index >= 15 is 0 Å². The molecule has 1 heterocycles. The van der Waals surface area contributed by atoms with E-state index in [0.29, 0.717) is 21.7 Å². The molecule has 8 heteroatoms. The van der Waals surface area contributed by atoms with Crippen LogP contribution in [-0.4, -0.2) is 18.5 Å². The van der Waals surface area contributed by atoms with Gasteiger partial charge in [0.25, 0.3) is 0 Å². The Kier molecular flexibility index (Phi) is 4.82. The van der Waals surface area contributed by atoms with Crippen molar-refractivity contribution in [1.29, 1.82) is 0 Å². The van der Waals surface area contributed by atoms with Gasteiger partial charge in [0.2, 0.25) is 15.9 Å². The predicted octanol–water partition coefficient (Wildman–Crippen LogP) is 2.02. The molecule has 2 rings (SSSR count). The summed E-state index contributed by atoms with van der Waals surface area (Å²) in [7, 11) is -3.74. The lowest BCUT2D eigenvalue weighted by Gasteiger charge is -2.11. The fraction of sp³-hybridized carbons (Fsp3) is 0.308. The average Bonchev–Trinajstić information content (AvgIpc) is 2.85. The van der Waals surface area contributed by atoms with E-state index in [-0.39, 0.29) is 18.0 Å². The molecular formula is C13H15BrN2O4S. The summed E-state index contributed by atoms with van der Waals surface area (Å²) in [6, 6.07) is 3.15. The molecule has 2 aromatic rings. The second-order valence-corrected chi connectivity index (χ2v) is 7.10. The normalized spacial score (nSPS) is 11.8. The number of hydrogen-bond acceptors (Lipinski definition) is 5. The van der Waals surface area contributed by atoms with Gasteiger partial charge in [-0.3, -0.25) is 0 Å². The van der Waals surface area contributed by atoms with Crippen LogP contribution in [0.5, 0.6) is 0 Å². The number of aryl methyl sites for hydroxylation is 2. The van der Waals surface area contributed by atoms with Gasteiger partial charge < -0.3 is 9.52 Å². The highest BCUT2D eigenvalue weighted by atomic mass is 79.9. The van der Waals surface area contributed by atoms with Crippen molar-refractivity contribution in [2.75, 3.05) is 0 Å². The number of hydrogen-bond donors (Lipinski definition) is 2. The van der Waals surface area contributed by atoms with Crippen molar-refractivity contribution >= 4 is 26.0 Å². The lowest BCUT2D eigenvalue weighted by molar-refractivity contribution is 0.281. The highest BCUT2D eigenvalue weighted by Gasteiger charge is 2.20. The Labute approximate surface area is 131 Å². The van der Waals surface area contributed by atoms with E-state index in [0.717, 1.165) is 5.56 Å². The number of nitrogens with zero attached hydrogens (tertiary/aromatic N) is 1. The molecule has 2 N–H and O–H groups in total. The first-order chi connectivity index (χ1) is 9.83. The van der Waals surface area contributed by atoms with Gasteiger partial charge in [0, 0.05) is 4.47 Å². The van der Waals surface area contributed by atoms with Crippen LogP contribution in [0.2, 0.25) is 0 Å². The lowest BCUT2D eigenvalue weighted by atomic mass is 10.1. The molecule has 1 aromatic heterocycles. The van der Waals surface area contributed by atoms with Gasteiger partial charge >= 0.3 is 0 Å². The number of nitrogens with one attached hydrogen (secondary N) is 1. The topological polar surface area (TPSA) is 92.4 Å². The SMILES string of the molecule is Cc1cnc(CNS(=O)(=O)c2cc(CO)cc(C)c2Br)o1. The molecule has 0 spiro atoms. The van der Waals surface area contributed by atoms with E-state index in [1.165, 1.54) is 12.3 Å². The Morgan fingerprint density at radius 2 is 2.10 bits per heavy atom. The Bertz CT molecular complexity index is 756. The van der Waals surface area contributed by atoms with Crippen LogP contribution in [0.25, 0.3) is 0 Å². The molecule has 0 aliphatic carbocycles. The van der Waals surface area contributed by atoms with Gasteiger partial charge in [0.1, 0.15) is 5.76 Å². The minimum absolute atomic E-state index is 0.0367. The van der Waals surface area contributed by atoms with Gasteiger partial charge in [0.05, 0.1) is 24.2 Å². The van der Waals surface area contributed by atoms with Crippen LogP contribution in [0, 0.1) is 13.8 Å². The van der Waals surface area contributed by atoms with Gasteiger partial charge in [-0.1, -0.05) is 6.07 Å². The smallest absolute Gasteiger partial charge is 0.242 e. The van der Waals surface area contributed by atoms with Crippen LogP contribution in [0.1, 0.15) is 22.8 Å². The van der Waals surface area contributed by atoms with Crippen molar-refractivity contribution in [3.63, 3.8) is 0 Å². The third kappa shape index (κ3) is 3.70.